The number of nitriles is 1. The highest BCUT2D eigenvalue weighted by Gasteiger charge is 2.42. The molecule has 7 amide bonds. The molecule has 4 saturated carbocycles. The molecule has 0 radical (unpaired) electrons. The zero-order valence-corrected chi connectivity index (χ0v) is 73.1. The Balaban J connectivity index is 0.000000177. The van der Waals surface area contributed by atoms with Gasteiger partial charge in [-0.25, -0.2) is 49.5 Å². The second-order valence-electron chi connectivity index (χ2n) is 32.3. The fraction of sp³-hybridized carbons (Fsp3) is 0.453. The second kappa shape index (κ2) is 41.2. The van der Waals surface area contributed by atoms with Crippen LogP contribution < -0.4 is 36.8 Å². The molecule has 4 unspecified atom stereocenters. The molecule has 4 aromatic carbocycles. The molecule has 8 aliphatic rings. The van der Waals surface area contributed by atoms with E-state index in [1.165, 1.54) is 65.0 Å². The van der Waals surface area contributed by atoms with E-state index in [1.54, 1.807) is 52.5 Å². The lowest BCUT2D eigenvalue weighted by molar-refractivity contribution is -0.136. The van der Waals surface area contributed by atoms with Crippen molar-refractivity contribution in [2.45, 2.75) is 168 Å². The maximum atomic E-state index is 12.6. The Hall–Kier alpha value is -10.4. The molecule has 122 heavy (non-hydrogen) atoms. The minimum atomic E-state index is -0.829. The molecule has 8 fully saturated rings. The van der Waals surface area contributed by atoms with Gasteiger partial charge in [-0.1, -0.05) is 101 Å². The van der Waals surface area contributed by atoms with E-state index in [1.807, 2.05) is 39.0 Å². The fourth-order valence-electron chi connectivity index (χ4n) is 14.2. The Morgan fingerprint density at radius 3 is 1.00 bits per heavy atom. The number of primary amides is 3. The summed E-state index contributed by atoms with van der Waals surface area (Å²) in [6.45, 7) is 27.7. The number of aromatic nitrogens is 8. The van der Waals surface area contributed by atoms with Crippen LogP contribution in [0.15, 0.2) is 116 Å². The van der Waals surface area contributed by atoms with Gasteiger partial charge in [0, 0.05) is 113 Å². The standard InChI is InChI=1S/C21H26ClN5O3.C19H20ClN5O2.C19H18ClN5O.C18H21BrClN5O3.C4H8.C3H3ClO.2CH4/c1-21(2,3)30-20(29)27-7-6-26(10-17(27)18(23)28)19-14-8-13(12-4-5-12)15(22)9-16(14)24-11-25-19;1-2-17(26)25-6-5-24(9-16(25)18(21)27)19-13-7-12(11-3-4-11)14(20)8-15(13)22-10-23-19;1-2-18(26)25-6-5-24(10-13(25)9-21)19-15-7-14(12-3-4-12)16(20)8-17(15)22-11-23-19;1-18(2,3)28-17(27)25-5-4-24(8-14(25)15(21)26)16-10-6-11(19)12(20)7-13(10)22-9-23-16;1-4-2-3-4;1-2-3(4)5;;/h8-9,11-12,17H,4-7,10H2,1-3H3,(H2,23,28);2,7-8,10-11,16H,1,3-6,9H2,(H2,21,27);2,7-8,11-13H,1,3-6,10H2;6-7,9,14H,4-5,8H2,1-3H3,(H2,21,26);4H,2-3H2,1H3;2H,1H2;2*1H4. The third-order valence-electron chi connectivity index (χ3n) is 21.0. The zero-order valence-electron chi connectivity index (χ0n) is 67.7. The summed E-state index contributed by atoms with van der Waals surface area (Å²) in [4.78, 5) is 144. The predicted molar refractivity (Wildman–Crippen MR) is 482 cm³/mol. The smallest absolute Gasteiger partial charge is 0.411 e. The average molecular weight is 1840 g/mol. The van der Waals surface area contributed by atoms with Crippen LogP contribution in [-0.2, 0) is 38.2 Å². The first-order valence-electron chi connectivity index (χ1n) is 39.4. The lowest BCUT2D eigenvalue weighted by Gasteiger charge is -2.40. The third-order valence-corrected chi connectivity index (χ3v) is 23.3. The van der Waals surface area contributed by atoms with Crippen LogP contribution in [0.3, 0.4) is 0 Å². The van der Waals surface area contributed by atoms with Crippen molar-refractivity contribution in [2.75, 3.05) is 98.1 Å². The Labute approximate surface area is 743 Å². The topological polar surface area (TPSA) is 386 Å². The number of allylic oxidation sites excluding steroid dienone is 1. The van der Waals surface area contributed by atoms with Gasteiger partial charge in [-0.05, 0) is 215 Å². The van der Waals surface area contributed by atoms with Crippen molar-refractivity contribution in [1.82, 2.24) is 59.5 Å². The number of halogens is 6. The van der Waals surface area contributed by atoms with Gasteiger partial charge in [0.15, 0.2) is 0 Å². The van der Waals surface area contributed by atoms with Crippen LogP contribution in [0.4, 0.5) is 32.9 Å². The number of carbonyl (C=O) groups excluding carboxylic acids is 8. The summed E-state index contributed by atoms with van der Waals surface area (Å²) in [5.74, 6) is 3.24. The maximum absolute atomic E-state index is 12.6. The maximum Gasteiger partial charge on any atom is 0.411 e. The number of benzene rings is 4. The first-order chi connectivity index (χ1) is 57.0. The molecule has 6 N–H and O–H groups in total. The molecule has 16 rings (SSSR count). The first kappa shape index (κ1) is 95.5. The van der Waals surface area contributed by atoms with Crippen LogP contribution in [-0.4, -0.2) is 220 Å². The molecule has 8 aromatic rings. The monoisotopic (exact) mass is 1830 g/mol. The van der Waals surface area contributed by atoms with Gasteiger partial charge in [0.1, 0.15) is 84.0 Å². The number of fused-ring (bicyclic) bond motifs is 4. The van der Waals surface area contributed by atoms with Crippen LogP contribution >= 0.6 is 73.9 Å². The van der Waals surface area contributed by atoms with E-state index in [-0.39, 0.29) is 52.8 Å². The Kier molecular flexibility index (Phi) is 32.3. The lowest BCUT2D eigenvalue weighted by atomic mass is 10.1. The predicted octanol–water partition coefficient (Wildman–Crippen LogP) is 14.4. The quantitative estimate of drug-likeness (QED) is 0.0713. The van der Waals surface area contributed by atoms with Crippen molar-refractivity contribution < 1.29 is 47.8 Å². The van der Waals surface area contributed by atoms with Gasteiger partial charge in [0.2, 0.25) is 34.8 Å². The fourth-order valence-corrected chi connectivity index (χ4v) is 15.6. The van der Waals surface area contributed by atoms with E-state index in [4.69, 9.17) is 84.7 Å². The van der Waals surface area contributed by atoms with Gasteiger partial charge in [-0.2, -0.15) is 5.26 Å². The van der Waals surface area contributed by atoms with Crippen LogP contribution in [0.25, 0.3) is 43.6 Å². The molecular weight excluding hydrogens is 1730 g/mol. The molecule has 650 valence electrons. The Morgan fingerprint density at radius 2 is 0.721 bits per heavy atom. The number of carbonyl (C=O) groups is 8. The van der Waals surface area contributed by atoms with Crippen molar-refractivity contribution in [3.63, 3.8) is 0 Å². The van der Waals surface area contributed by atoms with Crippen molar-refractivity contribution in [3.05, 3.63) is 153 Å². The van der Waals surface area contributed by atoms with Crippen molar-refractivity contribution in [3.8, 4) is 6.07 Å². The highest BCUT2D eigenvalue weighted by Crippen LogP contribution is 2.48. The number of ether oxygens (including phenoxy) is 2. The van der Waals surface area contributed by atoms with E-state index in [9.17, 15) is 43.6 Å². The summed E-state index contributed by atoms with van der Waals surface area (Å²) in [5.41, 5.74) is 21.8. The van der Waals surface area contributed by atoms with Crippen LogP contribution in [0.2, 0.25) is 20.1 Å². The summed E-state index contributed by atoms with van der Waals surface area (Å²) in [6, 6.07) is 14.8. The third kappa shape index (κ3) is 24.1. The number of amides is 7. The molecule has 4 aliphatic carbocycles. The zero-order chi connectivity index (χ0) is 86.9. The molecular formula is C86H104BrCl5N20O10. The molecule has 4 saturated heterocycles. The van der Waals surface area contributed by atoms with Crippen LogP contribution in [0.5, 0.6) is 0 Å². The largest absolute Gasteiger partial charge is 0.444 e. The average Bonchev–Trinajstić information content (AvgIpc) is 1.72. The second-order valence-corrected chi connectivity index (χ2v) is 35.1. The van der Waals surface area contributed by atoms with Gasteiger partial charge in [-0.3, -0.25) is 38.6 Å². The molecule has 4 atom stereocenters. The number of hydrogen-bond acceptors (Lipinski definition) is 23. The summed E-state index contributed by atoms with van der Waals surface area (Å²) in [6.07, 6.45) is 18.2. The number of nitrogens with two attached hydrogens (primary N) is 3. The molecule has 8 heterocycles. The molecule has 30 nitrogen and oxygen atoms in total. The van der Waals surface area contributed by atoms with E-state index in [0.717, 1.165) is 136 Å². The molecule has 4 aromatic heterocycles. The normalized spacial score (nSPS) is 18.8. The number of nitrogens with zero attached hydrogens (tertiary/aromatic N) is 17. The molecule has 4 aliphatic heterocycles. The summed E-state index contributed by atoms with van der Waals surface area (Å²) >= 11 is 33.6. The number of rotatable bonds is 13. The summed E-state index contributed by atoms with van der Waals surface area (Å²) in [5, 5.41) is 15.2. The minimum Gasteiger partial charge on any atom is -0.444 e. The van der Waals surface area contributed by atoms with E-state index in [2.05, 4.69) is 112 Å². The lowest BCUT2D eigenvalue weighted by Crippen LogP contribution is -2.60. The van der Waals surface area contributed by atoms with Crippen molar-refractivity contribution in [1.29, 1.82) is 5.26 Å². The number of hydrogen-bond donors (Lipinski definition) is 3. The highest BCUT2D eigenvalue weighted by molar-refractivity contribution is 9.10. The van der Waals surface area contributed by atoms with Crippen molar-refractivity contribution in [2.24, 2.45) is 23.1 Å². The Bertz CT molecular complexity index is 5330. The van der Waals surface area contributed by atoms with Gasteiger partial charge in [0.05, 0.1) is 39.7 Å². The van der Waals surface area contributed by atoms with Gasteiger partial charge < -0.3 is 56.1 Å². The van der Waals surface area contributed by atoms with E-state index < -0.39 is 70.5 Å². The summed E-state index contributed by atoms with van der Waals surface area (Å²) in [7, 11) is 0. The SMILES string of the molecule is C.C.C=CC(=O)Cl.C=CC(=O)N1CCN(c2ncnc3cc(Cl)c(C4CC4)cc23)CC1C#N.C=CC(=O)N1CCN(c2ncnc3cc(Cl)c(C4CC4)cc23)CC1C(N)=O.CC(C)(C)OC(=O)N1CCN(c2ncnc3cc(Cl)c(Br)cc23)CC1C(N)=O.CC(C)(C)OC(=O)N1CCN(c2ncnc3cc(Cl)c(C4CC4)cc23)CC1C(N)=O.CC1CC1. The van der Waals surface area contributed by atoms with Crippen LogP contribution in [0, 0.1) is 17.2 Å². The van der Waals surface area contributed by atoms with Gasteiger partial charge >= 0.3 is 12.2 Å². The van der Waals surface area contributed by atoms with Gasteiger partial charge in [-0.15, -0.1) is 0 Å². The van der Waals surface area contributed by atoms with Gasteiger partial charge in [0.25, 0.3) is 0 Å². The molecule has 36 heteroatoms. The van der Waals surface area contributed by atoms with Crippen molar-refractivity contribution >= 4 is 188 Å². The van der Waals surface area contributed by atoms with E-state index >= 15 is 0 Å². The van der Waals surface area contributed by atoms with E-state index in [0.29, 0.717) is 92.3 Å². The molecule has 0 spiro atoms. The number of piperazine rings is 4. The minimum absolute atomic E-state index is 0. The number of anilines is 4. The van der Waals surface area contributed by atoms with Crippen LogP contribution in [0.1, 0.15) is 149 Å². The Morgan fingerprint density at radius 1 is 0.443 bits per heavy atom. The summed E-state index contributed by atoms with van der Waals surface area (Å²) < 4.78 is 11.6. The molecule has 0 bridgehead atoms. The highest BCUT2D eigenvalue weighted by atomic mass is 79.9. The first-order valence-corrected chi connectivity index (χ1v) is 42.0.